The number of rotatable bonds is 0. The van der Waals surface area contributed by atoms with Crippen LogP contribution in [0, 0.1) is 17.8 Å². The number of allylic oxidation sites excluding steroid dienone is 2. The van der Waals surface area contributed by atoms with Crippen LogP contribution < -0.4 is 5.32 Å². The third kappa shape index (κ3) is 0.595. The van der Waals surface area contributed by atoms with E-state index in [0.717, 1.165) is 0 Å². The van der Waals surface area contributed by atoms with E-state index in [1.807, 2.05) is 0 Å². The maximum Gasteiger partial charge on any atom is 0.225 e. The molecule has 1 amide bonds. The van der Waals surface area contributed by atoms with Gasteiger partial charge in [0, 0.05) is 0 Å². The zero-order valence-corrected chi connectivity index (χ0v) is 6.03. The highest BCUT2D eigenvalue weighted by atomic mass is 16.2. The molecule has 0 spiro atoms. The van der Waals surface area contributed by atoms with Gasteiger partial charge in [-0.15, -0.1) is 0 Å². The Kier molecular flexibility index (Phi) is 0.799. The zero-order chi connectivity index (χ0) is 7.42. The van der Waals surface area contributed by atoms with Crippen molar-refractivity contribution in [3.05, 3.63) is 24.3 Å². The molecule has 0 unspecified atom stereocenters. The summed E-state index contributed by atoms with van der Waals surface area (Å²) in [6.45, 7) is 0. The lowest BCUT2D eigenvalue weighted by Crippen LogP contribution is -2.31. The second kappa shape index (κ2) is 1.58. The van der Waals surface area contributed by atoms with Crippen LogP contribution >= 0.6 is 0 Å². The molecular formula is C9H9NO. The lowest BCUT2D eigenvalue weighted by molar-refractivity contribution is -0.122. The van der Waals surface area contributed by atoms with Gasteiger partial charge in [0.25, 0.3) is 0 Å². The van der Waals surface area contributed by atoms with E-state index in [4.69, 9.17) is 0 Å². The Morgan fingerprint density at radius 1 is 1.09 bits per heavy atom. The summed E-state index contributed by atoms with van der Waals surface area (Å²) in [7, 11) is 0. The molecule has 4 rings (SSSR count). The van der Waals surface area contributed by atoms with Gasteiger partial charge < -0.3 is 5.32 Å². The topological polar surface area (TPSA) is 29.1 Å². The van der Waals surface area contributed by atoms with E-state index in [1.165, 1.54) is 0 Å². The first-order chi connectivity index (χ1) is 5.36. The summed E-state index contributed by atoms with van der Waals surface area (Å²) < 4.78 is 0. The molecule has 0 aromatic rings. The van der Waals surface area contributed by atoms with Gasteiger partial charge in [-0.3, -0.25) is 4.79 Å². The first kappa shape index (κ1) is 5.58. The van der Waals surface area contributed by atoms with E-state index in [1.54, 1.807) is 0 Å². The molecule has 2 nitrogen and oxygen atoms in total. The van der Waals surface area contributed by atoms with Gasteiger partial charge in [0.05, 0.1) is 12.0 Å². The molecule has 11 heavy (non-hydrogen) atoms. The fourth-order valence-corrected chi connectivity index (χ4v) is 2.12. The van der Waals surface area contributed by atoms with Gasteiger partial charge in [-0.2, -0.15) is 0 Å². The summed E-state index contributed by atoms with van der Waals surface area (Å²) in [5.41, 5.74) is 0. The normalized spacial score (nSPS) is 50.0. The van der Waals surface area contributed by atoms with Gasteiger partial charge in [-0.25, -0.2) is 0 Å². The average Bonchev–Trinajstić information content (AvgIpc) is 2.64. The monoisotopic (exact) mass is 147 g/mol. The predicted octanol–water partition coefficient (Wildman–Crippen LogP) is 0.473. The number of carbonyl (C=O) groups is 1. The van der Waals surface area contributed by atoms with E-state index in [9.17, 15) is 4.79 Å². The van der Waals surface area contributed by atoms with E-state index >= 15 is 0 Å². The zero-order valence-electron chi connectivity index (χ0n) is 6.03. The summed E-state index contributed by atoms with van der Waals surface area (Å²) >= 11 is 0. The Hall–Kier alpha value is -1.05. The van der Waals surface area contributed by atoms with Crippen LogP contribution in [0.4, 0.5) is 0 Å². The van der Waals surface area contributed by atoms with E-state index in [2.05, 4.69) is 29.6 Å². The third-order valence-corrected chi connectivity index (χ3v) is 2.83. The SMILES string of the molecule is O=C1NC2C=C[C@H]3C1[C@@H]3C=C2. The van der Waals surface area contributed by atoms with Crippen LogP contribution in [0.3, 0.4) is 0 Å². The molecule has 2 heterocycles. The predicted molar refractivity (Wildman–Crippen MR) is 40.7 cm³/mol. The molecule has 2 atom stereocenters. The smallest absolute Gasteiger partial charge is 0.225 e. The molecular weight excluding hydrogens is 138 g/mol. The van der Waals surface area contributed by atoms with Crippen molar-refractivity contribution < 1.29 is 4.79 Å². The van der Waals surface area contributed by atoms with Crippen molar-refractivity contribution in [3.8, 4) is 0 Å². The molecule has 56 valence electrons. The lowest BCUT2D eigenvalue weighted by Gasteiger charge is -2.05. The fraction of sp³-hybridized carbons (Fsp3) is 0.444. The molecule has 4 bridgehead atoms. The largest absolute Gasteiger partial charge is 0.346 e. The van der Waals surface area contributed by atoms with E-state index in [-0.39, 0.29) is 17.9 Å². The molecule has 1 N–H and O–H groups in total. The molecule has 1 saturated carbocycles. The summed E-state index contributed by atoms with van der Waals surface area (Å²) in [4.78, 5) is 11.3. The van der Waals surface area contributed by atoms with Crippen molar-refractivity contribution in [2.75, 3.05) is 0 Å². The summed E-state index contributed by atoms with van der Waals surface area (Å²) in [5.74, 6) is 1.52. The molecule has 0 aromatic heterocycles. The highest BCUT2D eigenvalue weighted by molar-refractivity contribution is 5.85. The molecule has 0 saturated heterocycles. The molecule has 4 aliphatic rings. The van der Waals surface area contributed by atoms with Crippen molar-refractivity contribution in [3.63, 3.8) is 0 Å². The summed E-state index contributed by atoms with van der Waals surface area (Å²) in [5, 5.41) is 2.95. The Morgan fingerprint density at radius 2 is 1.73 bits per heavy atom. The Morgan fingerprint density at radius 3 is 2.36 bits per heavy atom. The fourth-order valence-electron chi connectivity index (χ4n) is 2.12. The summed E-state index contributed by atoms with van der Waals surface area (Å²) in [6.07, 6.45) is 8.54. The summed E-state index contributed by atoms with van der Waals surface area (Å²) in [6, 6.07) is 0.169. The van der Waals surface area contributed by atoms with Crippen molar-refractivity contribution in [1.82, 2.24) is 5.32 Å². The minimum Gasteiger partial charge on any atom is -0.346 e. The van der Waals surface area contributed by atoms with Gasteiger partial charge in [0.15, 0.2) is 0 Å². The van der Waals surface area contributed by atoms with Crippen LogP contribution in [0.5, 0.6) is 0 Å². The maximum absolute atomic E-state index is 11.3. The number of hydrogen-bond donors (Lipinski definition) is 1. The van der Waals surface area contributed by atoms with E-state index in [0.29, 0.717) is 11.8 Å². The van der Waals surface area contributed by atoms with E-state index < -0.39 is 0 Å². The minimum atomic E-state index is 0.169. The van der Waals surface area contributed by atoms with Gasteiger partial charge in [0.2, 0.25) is 5.91 Å². The molecule has 2 aliphatic heterocycles. The minimum absolute atomic E-state index is 0.169. The third-order valence-electron chi connectivity index (χ3n) is 2.83. The van der Waals surface area contributed by atoms with Crippen LogP contribution in [0.15, 0.2) is 24.3 Å². The average molecular weight is 147 g/mol. The van der Waals surface area contributed by atoms with Crippen LogP contribution in [0.1, 0.15) is 0 Å². The molecule has 0 radical (unpaired) electrons. The standard InChI is InChI=1S/C9H9NO/c11-9-8-6-3-1-5(10-9)2-4-7(6)8/h1-8H,(H,10,11)/t5?,6-,7-,8?/m1/s1. The van der Waals surface area contributed by atoms with Crippen LogP contribution in [-0.2, 0) is 4.79 Å². The van der Waals surface area contributed by atoms with Gasteiger partial charge in [0.1, 0.15) is 0 Å². The van der Waals surface area contributed by atoms with Crippen molar-refractivity contribution in [1.29, 1.82) is 0 Å². The van der Waals surface area contributed by atoms with Crippen LogP contribution in [0.25, 0.3) is 0 Å². The Labute approximate surface area is 65.0 Å². The van der Waals surface area contributed by atoms with Crippen molar-refractivity contribution >= 4 is 5.91 Å². The van der Waals surface area contributed by atoms with Crippen LogP contribution in [-0.4, -0.2) is 11.9 Å². The number of fused-ring (bicyclic) bond motifs is 1. The Balaban J connectivity index is 2.11. The molecule has 0 aromatic carbocycles. The van der Waals surface area contributed by atoms with Crippen molar-refractivity contribution in [2.45, 2.75) is 6.04 Å². The number of nitrogens with one attached hydrogen (secondary N) is 1. The second-order valence-corrected chi connectivity index (χ2v) is 3.48. The number of carbonyl (C=O) groups excluding carboxylic acids is 1. The van der Waals surface area contributed by atoms with Gasteiger partial charge in [-0.05, 0) is 11.8 Å². The molecule has 2 heteroatoms. The second-order valence-electron chi connectivity index (χ2n) is 3.48. The highest BCUT2D eigenvalue weighted by Crippen LogP contribution is 2.51. The van der Waals surface area contributed by atoms with Crippen LogP contribution in [0.2, 0.25) is 0 Å². The highest BCUT2D eigenvalue weighted by Gasteiger charge is 2.53. The van der Waals surface area contributed by atoms with Crippen molar-refractivity contribution in [2.24, 2.45) is 17.8 Å². The first-order valence-electron chi connectivity index (χ1n) is 4.03. The molecule has 1 fully saturated rings. The Bertz CT molecular complexity index is 259. The van der Waals surface area contributed by atoms with Gasteiger partial charge in [-0.1, -0.05) is 24.3 Å². The quantitative estimate of drug-likeness (QED) is 0.496. The van der Waals surface area contributed by atoms with Gasteiger partial charge >= 0.3 is 0 Å². The number of hydrogen-bond acceptors (Lipinski definition) is 1. The first-order valence-corrected chi connectivity index (χ1v) is 4.03. The molecule has 2 aliphatic carbocycles. The lowest BCUT2D eigenvalue weighted by atomic mass is 10.2. The number of amides is 1. The maximum atomic E-state index is 11.3.